The quantitative estimate of drug-likeness (QED) is 0.628. The highest BCUT2D eigenvalue weighted by Crippen LogP contribution is 2.28. The zero-order valence-electron chi connectivity index (χ0n) is 18.8. The summed E-state index contributed by atoms with van der Waals surface area (Å²) in [5.74, 6) is 0.435. The van der Waals surface area contributed by atoms with E-state index in [0.717, 1.165) is 38.5 Å². The Balaban J connectivity index is 1.85. The molecule has 8 nitrogen and oxygen atoms in total. The van der Waals surface area contributed by atoms with E-state index in [4.69, 9.17) is 9.26 Å². The molecule has 32 heavy (non-hydrogen) atoms. The maximum absolute atomic E-state index is 13.2. The minimum Gasteiger partial charge on any atom is -0.495 e. The lowest BCUT2D eigenvalue weighted by Gasteiger charge is -2.21. The molecule has 1 aromatic carbocycles. The standard InChI is InChI=1S/C23H31N3O5S/c1-16-23(24-17(2)27)21(31-25-16)14-12-18-11-13-20(30-3)22(15-18)32(28,29)26-19-9-7-5-4-6-8-10-19/h11-15,19,26H,4-10H2,1-3H3,(H,24,27)/b14-12-. The van der Waals surface area contributed by atoms with Gasteiger partial charge in [0, 0.05) is 13.0 Å². The molecule has 0 spiro atoms. The molecule has 2 aromatic rings. The third kappa shape index (κ3) is 6.20. The molecule has 0 aliphatic heterocycles. The normalized spacial score (nSPS) is 16.0. The second kappa shape index (κ2) is 10.8. The molecule has 9 heteroatoms. The average Bonchev–Trinajstić information content (AvgIpc) is 3.07. The summed E-state index contributed by atoms with van der Waals surface area (Å²) in [5, 5.41) is 6.57. The Morgan fingerprint density at radius 3 is 2.50 bits per heavy atom. The molecule has 1 fully saturated rings. The summed E-state index contributed by atoms with van der Waals surface area (Å²) in [6.45, 7) is 3.13. The first-order valence-electron chi connectivity index (χ1n) is 10.9. The maximum atomic E-state index is 13.2. The van der Waals surface area contributed by atoms with E-state index in [9.17, 15) is 13.2 Å². The lowest BCUT2D eigenvalue weighted by molar-refractivity contribution is -0.114. The number of aryl methyl sites for hydroxylation is 1. The molecular formula is C23H31N3O5S. The fraction of sp³-hybridized carbons (Fsp3) is 0.478. The molecule has 3 rings (SSSR count). The number of benzene rings is 1. The van der Waals surface area contributed by atoms with Crippen molar-refractivity contribution in [3.63, 3.8) is 0 Å². The van der Waals surface area contributed by atoms with E-state index < -0.39 is 10.0 Å². The number of aromatic nitrogens is 1. The third-order valence-corrected chi connectivity index (χ3v) is 7.06. The minimum absolute atomic E-state index is 0.0680. The topological polar surface area (TPSA) is 111 Å². The zero-order valence-corrected chi connectivity index (χ0v) is 19.6. The van der Waals surface area contributed by atoms with Gasteiger partial charge in [0.2, 0.25) is 15.9 Å². The summed E-state index contributed by atoms with van der Waals surface area (Å²) in [4.78, 5) is 11.5. The first kappa shape index (κ1) is 24.0. The molecular weight excluding hydrogens is 430 g/mol. The Labute approximate surface area is 189 Å². The van der Waals surface area contributed by atoms with Crippen LogP contribution < -0.4 is 14.8 Å². The van der Waals surface area contributed by atoms with Gasteiger partial charge >= 0.3 is 0 Å². The van der Waals surface area contributed by atoms with Crippen LogP contribution in [0.2, 0.25) is 0 Å². The average molecular weight is 462 g/mol. The van der Waals surface area contributed by atoms with Crippen molar-refractivity contribution < 1.29 is 22.5 Å². The first-order chi connectivity index (χ1) is 15.3. The van der Waals surface area contributed by atoms with E-state index in [1.165, 1.54) is 20.5 Å². The SMILES string of the molecule is COc1ccc(/C=C\c2onc(C)c2NC(C)=O)cc1S(=O)(=O)NC1CCCCCCC1. The number of rotatable bonds is 7. The number of sulfonamides is 1. The third-order valence-electron chi connectivity index (χ3n) is 5.52. The van der Waals surface area contributed by atoms with E-state index in [0.29, 0.717) is 22.7 Å². The van der Waals surface area contributed by atoms with Crippen LogP contribution in [0.1, 0.15) is 68.9 Å². The van der Waals surface area contributed by atoms with Gasteiger partial charge in [-0.3, -0.25) is 4.79 Å². The molecule has 0 radical (unpaired) electrons. The van der Waals surface area contributed by atoms with Crippen molar-refractivity contribution >= 4 is 33.8 Å². The fourth-order valence-corrected chi connectivity index (χ4v) is 5.37. The van der Waals surface area contributed by atoms with Crippen molar-refractivity contribution in [2.45, 2.75) is 69.7 Å². The van der Waals surface area contributed by atoms with Gasteiger partial charge in [0.15, 0.2) is 5.76 Å². The summed E-state index contributed by atoms with van der Waals surface area (Å²) in [6, 6.07) is 4.89. The van der Waals surface area contributed by atoms with Gasteiger partial charge in [0.05, 0.1) is 7.11 Å². The van der Waals surface area contributed by atoms with Crippen molar-refractivity contribution in [2.75, 3.05) is 12.4 Å². The van der Waals surface area contributed by atoms with Gasteiger partial charge in [-0.25, -0.2) is 13.1 Å². The predicted octanol–water partition coefficient (Wildman–Crippen LogP) is 4.51. The molecule has 0 atom stereocenters. The van der Waals surface area contributed by atoms with Crippen LogP contribution in [0.5, 0.6) is 5.75 Å². The summed E-state index contributed by atoms with van der Waals surface area (Å²) >= 11 is 0. The predicted molar refractivity (Wildman–Crippen MR) is 124 cm³/mol. The van der Waals surface area contributed by atoms with Gasteiger partial charge in [-0.2, -0.15) is 0 Å². The van der Waals surface area contributed by atoms with Crippen LogP contribution in [0, 0.1) is 6.92 Å². The Bertz CT molecular complexity index is 1070. The minimum atomic E-state index is -3.76. The van der Waals surface area contributed by atoms with E-state index in [2.05, 4.69) is 15.2 Å². The van der Waals surface area contributed by atoms with Crippen molar-refractivity contribution in [1.82, 2.24) is 9.88 Å². The van der Waals surface area contributed by atoms with Crippen molar-refractivity contribution in [1.29, 1.82) is 0 Å². The van der Waals surface area contributed by atoms with Gasteiger partial charge in [-0.05, 0) is 43.5 Å². The maximum Gasteiger partial charge on any atom is 0.244 e. The smallest absolute Gasteiger partial charge is 0.244 e. The van der Waals surface area contributed by atoms with Gasteiger partial charge in [0.25, 0.3) is 0 Å². The van der Waals surface area contributed by atoms with Crippen LogP contribution >= 0.6 is 0 Å². The molecule has 174 valence electrons. The molecule has 0 unspecified atom stereocenters. The summed E-state index contributed by atoms with van der Waals surface area (Å²) in [7, 11) is -2.30. The van der Waals surface area contributed by atoms with Crippen LogP contribution in [-0.2, 0) is 14.8 Å². The Morgan fingerprint density at radius 2 is 1.84 bits per heavy atom. The van der Waals surface area contributed by atoms with Gasteiger partial charge in [-0.1, -0.05) is 49.4 Å². The number of carbonyl (C=O) groups excluding carboxylic acids is 1. The molecule has 1 saturated carbocycles. The van der Waals surface area contributed by atoms with Gasteiger partial charge in [0.1, 0.15) is 22.0 Å². The van der Waals surface area contributed by atoms with E-state index in [1.54, 1.807) is 37.3 Å². The van der Waals surface area contributed by atoms with Crippen LogP contribution in [0.25, 0.3) is 12.2 Å². The Kier molecular flexibility index (Phi) is 8.09. The van der Waals surface area contributed by atoms with Crippen LogP contribution in [0.15, 0.2) is 27.6 Å². The van der Waals surface area contributed by atoms with E-state index in [1.807, 2.05) is 0 Å². The van der Waals surface area contributed by atoms with Crippen molar-refractivity contribution in [2.24, 2.45) is 0 Å². The molecule has 1 aliphatic rings. The van der Waals surface area contributed by atoms with Gasteiger partial charge in [-0.15, -0.1) is 0 Å². The second-order valence-electron chi connectivity index (χ2n) is 8.10. The monoisotopic (exact) mass is 461 g/mol. The Morgan fingerprint density at radius 1 is 1.16 bits per heavy atom. The second-order valence-corrected chi connectivity index (χ2v) is 9.78. The number of nitrogens with one attached hydrogen (secondary N) is 2. The molecule has 0 bridgehead atoms. The fourth-order valence-electron chi connectivity index (χ4n) is 3.86. The highest BCUT2D eigenvalue weighted by molar-refractivity contribution is 7.89. The molecule has 1 aromatic heterocycles. The van der Waals surface area contributed by atoms with Crippen molar-refractivity contribution in [3.8, 4) is 5.75 Å². The number of anilines is 1. The van der Waals surface area contributed by atoms with Crippen LogP contribution in [0.3, 0.4) is 0 Å². The van der Waals surface area contributed by atoms with Gasteiger partial charge < -0.3 is 14.6 Å². The molecule has 1 heterocycles. The first-order valence-corrected chi connectivity index (χ1v) is 12.4. The lowest BCUT2D eigenvalue weighted by atomic mass is 9.97. The number of carbonyl (C=O) groups is 1. The van der Waals surface area contributed by atoms with Crippen LogP contribution in [0.4, 0.5) is 5.69 Å². The highest BCUT2D eigenvalue weighted by Gasteiger charge is 2.24. The number of hydrogen-bond donors (Lipinski definition) is 2. The lowest BCUT2D eigenvalue weighted by Crippen LogP contribution is -2.35. The summed E-state index contributed by atoms with van der Waals surface area (Å²) < 4.78 is 39.9. The van der Waals surface area contributed by atoms with E-state index in [-0.39, 0.29) is 22.6 Å². The largest absolute Gasteiger partial charge is 0.495 e. The highest BCUT2D eigenvalue weighted by atomic mass is 32.2. The molecule has 0 saturated heterocycles. The number of nitrogens with zero attached hydrogens (tertiary/aromatic N) is 1. The number of amides is 1. The van der Waals surface area contributed by atoms with Crippen LogP contribution in [-0.4, -0.2) is 32.6 Å². The molecule has 1 amide bonds. The number of hydrogen-bond acceptors (Lipinski definition) is 6. The number of ether oxygens (including phenoxy) is 1. The number of methoxy groups -OCH3 is 1. The zero-order chi connectivity index (χ0) is 23.1. The summed E-state index contributed by atoms with van der Waals surface area (Å²) in [6.07, 6.45) is 10.6. The van der Waals surface area contributed by atoms with Crippen molar-refractivity contribution in [3.05, 3.63) is 35.2 Å². The molecule has 1 aliphatic carbocycles. The van der Waals surface area contributed by atoms with E-state index >= 15 is 0 Å². The summed E-state index contributed by atoms with van der Waals surface area (Å²) in [5.41, 5.74) is 1.69. The Hall–Kier alpha value is -2.65. The molecule has 2 N–H and O–H groups in total.